The first kappa shape index (κ1) is 21.9. The van der Waals surface area contributed by atoms with E-state index in [4.69, 9.17) is 0 Å². The summed E-state index contributed by atoms with van der Waals surface area (Å²) in [6, 6.07) is 15.1. The third kappa shape index (κ3) is 4.97. The number of carbonyl (C=O) groups excluding carboxylic acids is 1. The molecule has 2 N–H and O–H groups in total. The Bertz CT molecular complexity index is 907. The molecule has 2 atom stereocenters. The van der Waals surface area contributed by atoms with Crippen LogP contribution in [-0.4, -0.2) is 65.2 Å². The number of benzene rings is 2. The van der Waals surface area contributed by atoms with Crippen LogP contribution < -0.4 is 5.32 Å². The summed E-state index contributed by atoms with van der Waals surface area (Å²) in [5.41, 5.74) is 2.23. The van der Waals surface area contributed by atoms with Crippen molar-refractivity contribution in [2.45, 2.75) is 44.2 Å². The second-order valence-corrected chi connectivity index (χ2v) is 8.96. The van der Waals surface area contributed by atoms with Crippen molar-refractivity contribution >= 4 is 11.6 Å². The second-order valence-electron chi connectivity index (χ2n) is 8.96. The number of hydrogen-bond acceptors (Lipinski definition) is 4. The van der Waals surface area contributed by atoms with Gasteiger partial charge in [0.15, 0.2) is 0 Å². The highest BCUT2D eigenvalue weighted by molar-refractivity contribution is 5.92. The zero-order valence-electron chi connectivity index (χ0n) is 18.2. The molecule has 166 valence electrons. The van der Waals surface area contributed by atoms with E-state index in [2.05, 4.69) is 34.5 Å². The Hall–Kier alpha value is -2.28. The standard InChI is InChI=1S/C25H32FN3O2/c1-19-8-9-21(26)22(16-19)27-24(31)18-28-15-12-25(23(30)17-28)11-5-13-29(25)14-10-20-6-3-2-4-7-20/h2-4,6-9,16,23,30H,5,10-15,17-18H2,1H3,(H,27,31)/t23-,25-/m0/s1. The first-order valence-electron chi connectivity index (χ1n) is 11.2. The third-order valence-electron chi connectivity index (χ3n) is 6.86. The van der Waals surface area contributed by atoms with Gasteiger partial charge in [-0.25, -0.2) is 4.39 Å². The zero-order chi connectivity index (χ0) is 21.8. The second kappa shape index (κ2) is 9.47. The molecule has 2 aliphatic rings. The summed E-state index contributed by atoms with van der Waals surface area (Å²) in [6.07, 6.45) is 3.41. The fourth-order valence-corrected chi connectivity index (χ4v) is 5.16. The van der Waals surface area contributed by atoms with Crippen LogP contribution in [0.4, 0.5) is 10.1 Å². The van der Waals surface area contributed by atoms with Gasteiger partial charge in [0, 0.05) is 25.2 Å². The van der Waals surface area contributed by atoms with Gasteiger partial charge in [0.2, 0.25) is 5.91 Å². The maximum Gasteiger partial charge on any atom is 0.238 e. The lowest BCUT2D eigenvalue weighted by Gasteiger charge is -2.48. The van der Waals surface area contributed by atoms with Gasteiger partial charge in [0.1, 0.15) is 5.82 Å². The van der Waals surface area contributed by atoms with Crippen LogP contribution in [0.3, 0.4) is 0 Å². The molecule has 0 unspecified atom stereocenters. The van der Waals surface area contributed by atoms with Gasteiger partial charge < -0.3 is 10.4 Å². The molecule has 0 aliphatic carbocycles. The number of hydrogen-bond donors (Lipinski definition) is 2. The highest BCUT2D eigenvalue weighted by atomic mass is 19.1. The Kier molecular flexibility index (Phi) is 6.70. The number of likely N-dealkylation sites (tertiary alicyclic amines) is 2. The van der Waals surface area contributed by atoms with Gasteiger partial charge in [-0.3, -0.25) is 14.6 Å². The third-order valence-corrected chi connectivity index (χ3v) is 6.86. The number of β-amino-alcohol motifs (C(OH)–C–C–N with tert-alkyl or cyclic N) is 1. The van der Waals surface area contributed by atoms with Crippen molar-refractivity contribution in [1.82, 2.24) is 9.80 Å². The SMILES string of the molecule is Cc1ccc(F)c(NC(=O)CN2CC[C@@]3(CCCN3CCc3ccccc3)[C@@H](O)C2)c1. The fourth-order valence-electron chi connectivity index (χ4n) is 5.16. The van der Waals surface area contributed by atoms with Crippen molar-refractivity contribution in [3.8, 4) is 0 Å². The van der Waals surface area contributed by atoms with E-state index in [9.17, 15) is 14.3 Å². The van der Waals surface area contributed by atoms with Crippen LogP contribution in [0, 0.1) is 12.7 Å². The van der Waals surface area contributed by atoms with Gasteiger partial charge in [0.25, 0.3) is 0 Å². The van der Waals surface area contributed by atoms with Crippen LogP contribution in [0.25, 0.3) is 0 Å². The number of amides is 1. The molecule has 2 fully saturated rings. The highest BCUT2D eigenvalue weighted by Crippen LogP contribution is 2.38. The summed E-state index contributed by atoms with van der Waals surface area (Å²) in [4.78, 5) is 16.9. The molecule has 2 heterocycles. The molecular weight excluding hydrogens is 393 g/mol. The predicted molar refractivity (Wildman–Crippen MR) is 121 cm³/mol. The minimum absolute atomic E-state index is 0.157. The molecule has 0 aromatic heterocycles. The molecule has 2 aromatic carbocycles. The van der Waals surface area contributed by atoms with E-state index in [1.807, 2.05) is 17.9 Å². The summed E-state index contributed by atoms with van der Waals surface area (Å²) in [5, 5.41) is 13.8. The quantitative estimate of drug-likeness (QED) is 0.746. The number of anilines is 1. The molecule has 0 saturated carbocycles. The highest BCUT2D eigenvalue weighted by Gasteiger charge is 2.49. The van der Waals surface area contributed by atoms with Crippen LogP contribution in [0.1, 0.15) is 30.4 Å². The maximum absolute atomic E-state index is 13.9. The van der Waals surface area contributed by atoms with Gasteiger partial charge in [-0.15, -0.1) is 0 Å². The average Bonchev–Trinajstić information content (AvgIpc) is 3.16. The average molecular weight is 426 g/mol. The topological polar surface area (TPSA) is 55.8 Å². The van der Waals surface area contributed by atoms with E-state index in [0.717, 1.165) is 50.9 Å². The Morgan fingerprint density at radius 3 is 2.77 bits per heavy atom. The smallest absolute Gasteiger partial charge is 0.238 e. The van der Waals surface area contributed by atoms with E-state index in [0.29, 0.717) is 6.54 Å². The molecule has 1 spiro atoms. The zero-order valence-corrected chi connectivity index (χ0v) is 18.2. The Balaban J connectivity index is 1.33. The first-order chi connectivity index (χ1) is 15.0. The van der Waals surface area contributed by atoms with E-state index < -0.39 is 11.9 Å². The van der Waals surface area contributed by atoms with Crippen molar-refractivity contribution in [3.63, 3.8) is 0 Å². The fraction of sp³-hybridized carbons (Fsp3) is 0.480. The largest absolute Gasteiger partial charge is 0.390 e. The normalized spacial score (nSPS) is 24.5. The first-order valence-corrected chi connectivity index (χ1v) is 11.2. The molecule has 5 nitrogen and oxygen atoms in total. The molecule has 6 heteroatoms. The summed E-state index contributed by atoms with van der Waals surface area (Å²) in [7, 11) is 0. The van der Waals surface area contributed by atoms with Crippen LogP contribution in [-0.2, 0) is 11.2 Å². The molecule has 31 heavy (non-hydrogen) atoms. The van der Waals surface area contributed by atoms with Gasteiger partial charge in [-0.1, -0.05) is 36.4 Å². The monoisotopic (exact) mass is 425 g/mol. The maximum atomic E-state index is 13.9. The van der Waals surface area contributed by atoms with E-state index in [-0.39, 0.29) is 23.7 Å². The lowest BCUT2D eigenvalue weighted by Crippen LogP contribution is -2.62. The Labute approximate surface area is 183 Å². The molecule has 1 amide bonds. The summed E-state index contributed by atoms with van der Waals surface area (Å²) >= 11 is 0. The van der Waals surface area contributed by atoms with Crippen molar-refractivity contribution in [3.05, 3.63) is 65.5 Å². The number of halogens is 1. The lowest BCUT2D eigenvalue weighted by atomic mass is 9.82. The number of aliphatic hydroxyl groups excluding tert-OH is 1. The van der Waals surface area contributed by atoms with E-state index in [1.54, 1.807) is 12.1 Å². The number of aliphatic hydroxyl groups is 1. The number of rotatable bonds is 6. The van der Waals surface area contributed by atoms with Crippen molar-refractivity contribution in [2.75, 3.05) is 38.0 Å². The Morgan fingerprint density at radius 1 is 1.19 bits per heavy atom. The van der Waals surface area contributed by atoms with Crippen molar-refractivity contribution in [1.29, 1.82) is 0 Å². The molecule has 2 saturated heterocycles. The predicted octanol–water partition coefficient (Wildman–Crippen LogP) is 3.22. The number of aryl methyl sites for hydroxylation is 1. The van der Waals surface area contributed by atoms with Crippen molar-refractivity contribution in [2.24, 2.45) is 0 Å². The minimum Gasteiger partial charge on any atom is -0.390 e. The van der Waals surface area contributed by atoms with Gasteiger partial charge >= 0.3 is 0 Å². The molecular formula is C25H32FN3O2. The molecule has 2 aromatic rings. The van der Waals surface area contributed by atoms with Gasteiger partial charge in [-0.05, 0) is 62.4 Å². The summed E-state index contributed by atoms with van der Waals surface area (Å²) in [6.45, 7) is 5.19. The minimum atomic E-state index is -0.497. The van der Waals surface area contributed by atoms with Crippen LogP contribution in [0.2, 0.25) is 0 Å². The number of nitrogens with zero attached hydrogens (tertiary/aromatic N) is 2. The molecule has 0 radical (unpaired) electrons. The van der Waals surface area contributed by atoms with Crippen LogP contribution >= 0.6 is 0 Å². The van der Waals surface area contributed by atoms with Crippen LogP contribution in [0.5, 0.6) is 0 Å². The number of nitrogens with one attached hydrogen (secondary N) is 1. The summed E-state index contributed by atoms with van der Waals surface area (Å²) < 4.78 is 13.9. The van der Waals surface area contributed by atoms with Gasteiger partial charge in [0.05, 0.1) is 18.3 Å². The van der Waals surface area contributed by atoms with Gasteiger partial charge in [-0.2, -0.15) is 0 Å². The number of piperidine rings is 1. The number of carbonyl (C=O) groups is 1. The van der Waals surface area contributed by atoms with E-state index >= 15 is 0 Å². The molecule has 2 aliphatic heterocycles. The lowest BCUT2D eigenvalue weighted by molar-refractivity contribution is -0.120. The Morgan fingerprint density at radius 2 is 2.00 bits per heavy atom. The molecule has 0 bridgehead atoms. The van der Waals surface area contributed by atoms with Crippen LogP contribution in [0.15, 0.2) is 48.5 Å². The van der Waals surface area contributed by atoms with Crippen molar-refractivity contribution < 1.29 is 14.3 Å². The molecule has 4 rings (SSSR count). The van der Waals surface area contributed by atoms with E-state index in [1.165, 1.54) is 11.6 Å². The summed E-state index contributed by atoms with van der Waals surface area (Å²) in [5.74, 6) is -0.684.